The Hall–Kier alpha value is -1.88. The minimum absolute atomic E-state index is 0.0117. The van der Waals surface area contributed by atoms with Crippen LogP contribution in [0.2, 0.25) is 0 Å². The Morgan fingerprint density at radius 2 is 2.00 bits per heavy atom. The second-order valence-corrected chi connectivity index (χ2v) is 6.23. The number of nitrogens with one attached hydrogen (secondary N) is 2. The summed E-state index contributed by atoms with van der Waals surface area (Å²) in [6.07, 6.45) is 0.814. The standard InChI is InChI=1S/C17H25N3O2/c1-12-6-13(2)8-15(7-12)9-14(3)19-17(22)11-20-5-4-18-16(21)10-20/h6-8,14H,4-5,9-11H2,1-3H3,(H,18,21)(H,19,22)/t14-/m1/s1. The van der Waals surface area contributed by atoms with Gasteiger partial charge in [-0.3, -0.25) is 14.5 Å². The van der Waals surface area contributed by atoms with E-state index in [1.165, 1.54) is 16.7 Å². The molecule has 1 heterocycles. The maximum atomic E-state index is 12.1. The van der Waals surface area contributed by atoms with Gasteiger partial charge < -0.3 is 10.6 Å². The second-order valence-electron chi connectivity index (χ2n) is 6.23. The van der Waals surface area contributed by atoms with Crippen molar-refractivity contribution in [1.29, 1.82) is 0 Å². The SMILES string of the molecule is Cc1cc(C)cc(C[C@@H](C)NC(=O)CN2CCNC(=O)C2)c1. The average molecular weight is 303 g/mol. The highest BCUT2D eigenvalue weighted by atomic mass is 16.2. The first-order valence-electron chi connectivity index (χ1n) is 7.78. The summed E-state index contributed by atoms with van der Waals surface area (Å²) in [5.41, 5.74) is 3.73. The Morgan fingerprint density at radius 3 is 2.64 bits per heavy atom. The molecule has 0 radical (unpaired) electrons. The Kier molecular flexibility index (Phi) is 5.55. The number of piperazine rings is 1. The van der Waals surface area contributed by atoms with E-state index >= 15 is 0 Å². The van der Waals surface area contributed by atoms with Gasteiger partial charge in [0.15, 0.2) is 0 Å². The van der Waals surface area contributed by atoms with Crippen molar-refractivity contribution in [3.63, 3.8) is 0 Å². The van der Waals surface area contributed by atoms with Crippen LogP contribution in [0.5, 0.6) is 0 Å². The van der Waals surface area contributed by atoms with Gasteiger partial charge in [0.1, 0.15) is 0 Å². The molecule has 22 heavy (non-hydrogen) atoms. The molecule has 2 N–H and O–H groups in total. The number of benzene rings is 1. The zero-order chi connectivity index (χ0) is 16.1. The number of hydrogen-bond acceptors (Lipinski definition) is 3. The van der Waals surface area contributed by atoms with Gasteiger partial charge in [0.05, 0.1) is 13.1 Å². The number of hydrogen-bond donors (Lipinski definition) is 2. The van der Waals surface area contributed by atoms with Gasteiger partial charge in [0, 0.05) is 19.1 Å². The Labute approximate surface area is 132 Å². The molecule has 0 unspecified atom stereocenters. The van der Waals surface area contributed by atoms with E-state index in [1.807, 2.05) is 11.8 Å². The lowest BCUT2D eigenvalue weighted by Gasteiger charge is -2.26. The molecule has 1 aliphatic rings. The third kappa shape index (κ3) is 5.15. The van der Waals surface area contributed by atoms with Crippen LogP contribution in [0.1, 0.15) is 23.6 Å². The van der Waals surface area contributed by atoms with Gasteiger partial charge in [-0.15, -0.1) is 0 Å². The molecule has 2 rings (SSSR count). The first kappa shape index (κ1) is 16.5. The summed E-state index contributed by atoms with van der Waals surface area (Å²) < 4.78 is 0. The van der Waals surface area contributed by atoms with E-state index in [9.17, 15) is 9.59 Å². The van der Waals surface area contributed by atoms with E-state index in [2.05, 4.69) is 42.7 Å². The lowest BCUT2D eigenvalue weighted by molar-refractivity contribution is -0.127. The third-order valence-electron chi connectivity index (χ3n) is 3.72. The van der Waals surface area contributed by atoms with Crippen LogP contribution in [-0.2, 0) is 16.0 Å². The summed E-state index contributed by atoms with van der Waals surface area (Å²) in [5, 5.41) is 5.77. The number of carbonyl (C=O) groups excluding carboxylic acids is 2. The summed E-state index contributed by atoms with van der Waals surface area (Å²) >= 11 is 0. The topological polar surface area (TPSA) is 61.4 Å². The number of rotatable bonds is 5. The lowest BCUT2D eigenvalue weighted by Crippen LogP contribution is -2.51. The molecule has 2 amide bonds. The fourth-order valence-electron chi connectivity index (χ4n) is 2.94. The molecule has 0 aliphatic carbocycles. The van der Waals surface area contributed by atoms with Crippen LogP contribution in [-0.4, -0.2) is 48.9 Å². The van der Waals surface area contributed by atoms with Crippen LogP contribution >= 0.6 is 0 Å². The van der Waals surface area contributed by atoms with Crippen molar-refractivity contribution in [2.45, 2.75) is 33.2 Å². The van der Waals surface area contributed by atoms with Crippen LogP contribution in [0.3, 0.4) is 0 Å². The minimum atomic E-state index is -0.0217. The van der Waals surface area contributed by atoms with Gasteiger partial charge in [-0.1, -0.05) is 29.3 Å². The number of amides is 2. The molecule has 0 spiro atoms. The molecule has 5 nitrogen and oxygen atoms in total. The lowest BCUT2D eigenvalue weighted by atomic mass is 10.0. The fraction of sp³-hybridized carbons (Fsp3) is 0.529. The van der Waals surface area contributed by atoms with E-state index in [-0.39, 0.29) is 24.4 Å². The third-order valence-corrected chi connectivity index (χ3v) is 3.72. The van der Waals surface area contributed by atoms with Crippen LogP contribution < -0.4 is 10.6 Å². The molecule has 0 aromatic heterocycles. The Morgan fingerprint density at radius 1 is 1.32 bits per heavy atom. The normalized spacial score (nSPS) is 17.0. The van der Waals surface area contributed by atoms with Gasteiger partial charge in [-0.25, -0.2) is 0 Å². The van der Waals surface area contributed by atoms with E-state index in [1.54, 1.807) is 0 Å². The number of aryl methyl sites for hydroxylation is 2. The molecule has 0 bridgehead atoms. The van der Waals surface area contributed by atoms with E-state index in [0.29, 0.717) is 13.1 Å². The van der Waals surface area contributed by atoms with Crippen LogP contribution in [0, 0.1) is 13.8 Å². The summed E-state index contributed by atoms with van der Waals surface area (Å²) in [6.45, 7) is 8.11. The monoisotopic (exact) mass is 303 g/mol. The summed E-state index contributed by atoms with van der Waals surface area (Å²) in [4.78, 5) is 25.2. The molecule has 1 fully saturated rings. The minimum Gasteiger partial charge on any atom is -0.354 e. The first-order chi connectivity index (χ1) is 10.4. The molecular formula is C17H25N3O2. The highest BCUT2D eigenvalue weighted by Crippen LogP contribution is 2.11. The summed E-state index contributed by atoms with van der Waals surface area (Å²) in [5.74, 6) is -0.0334. The van der Waals surface area contributed by atoms with Crippen molar-refractivity contribution in [3.05, 3.63) is 34.9 Å². The second kappa shape index (κ2) is 7.40. The largest absolute Gasteiger partial charge is 0.354 e. The molecular weight excluding hydrogens is 278 g/mol. The highest BCUT2D eigenvalue weighted by Gasteiger charge is 2.19. The van der Waals surface area contributed by atoms with Crippen LogP contribution in [0.4, 0.5) is 0 Å². The maximum Gasteiger partial charge on any atom is 0.234 e. The summed E-state index contributed by atoms with van der Waals surface area (Å²) in [7, 11) is 0. The highest BCUT2D eigenvalue weighted by molar-refractivity contribution is 5.81. The first-order valence-corrected chi connectivity index (χ1v) is 7.78. The van der Waals surface area contributed by atoms with Crippen LogP contribution in [0.15, 0.2) is 18.2 Å². The zero-order valence-corrected chi connectivity index (χ0v) is 13.6. The molecule has 1 saturated heterocycles. The maximum absolute atomic E-state index is 12.1. The quantitative estimate of drug-likeness (QED) is 0.845. The Balaban J connectivity index is 1.81. The average Bonchev–Trinajstić information content (AvgIpc) is 2.36. The number of carbonyl (C=O) groups is 2. The van der Waals surface area contributed by atoms with Crippen LogP contribution in [0.25, 0.3) is 0 Å². The van der Waals surface area contributed by atoms with Gasteiger partial charge in [-0.2, -0.15) is 0 Å². The molecule has 120 valence electrons. The molecule has 5 heteroatoms. The van der Waals surface area contributed by atoms with Gasteiger partial charge >= 0.3 is 0 Å². The smallest absolute Gasteiger partial charge is 0.234 e. The van der Waals surface area contributed by atoms with Crippen molar-refractivity contribution >= 4 is 11.8 Å². The van der Waals surface area contributed by atoms with Crippen molar-refractivity contribution in [2.75, 3.05) is 26.2 Å². The molecule has 1 aliphatic heterocycles. The predicted molar refractivity (Wildman–Crippen MR) is 86.7 cm³/mol. The molecule has 1 aromatic rings. The van der Waals surface area contributed by atoms with Gasteiger partial charge in [0.25, 0.3) is 0 Å². The molecule has 1 aromatic carbocycles. The van der Waals surface area contributed by atoms with E-state index in [0.717, 1.165) is 13.0 Å². The van der Waals surface area contributed by atoms with E-state index < -0.39 is 0 Å². The molecule has 0 saturated carbocycles. The fourth-order valence-corrected chi connectivity index (χ4v) is 2.94. The number of nitrogens with zero attached hydrogens (tertiary/aromatic N) is 1. The van der Waals surface area contributed by atoms with Crippen molar-refractivity contribution in [3.8, 4) is 0 Å². The zero-order valence-electron chi connectivity index (χ0n) is 13.6. The van der Waals surface area contributed by atoms with Crippen molar-refractivity contribution < 1.29 is 9.59 Å². The summed E-state index contributed by atoms with van der Waals surface area (Å²) in [6, 6.07) is 6.54. The van der Waals surface area contributed by atoms with Gasteiger partial charge in [-0.05, 0) is 32.8 Å². The van der Waals surface area contributed by atoms with Crippen molar-refractivity contribution in [2.24, 2.45) is 0 Å². The molecule has 1 atom stereocenters. The van der Waals surface area contributed by atoms with Crippen molar-refractivity contribution in [1.82, 2.24) is 15.5 Å². The Bertz CT molecular complexity index is 537. The predicted octanol–water partition coefficient (Wildman–Crippen LogP) is 0.782. The van der Waals surface area contributed by atoms with Gasteiger partial charge in [0.2, 0.25) is 11.8 Å². The van der Waals surface area contributed by atoms with E-state index in [4.69, 9.17) is 0 Å².